The third-order valence-corrected chi connectivity index (χ3v) is 7.75. The third-order valence-electron chi connectivity index (χ3n) is 5.60. The molecule has 4 rings (SSSR count). The molecule has 2 aromatic carbocycles. The molecule has 0 bridgehead atoms. The number of piperidine rings is 1. The van der Waals surface area contributed by atoms with Crippen molar-refractivity contribution in [2.45, 2.75) is 24.2 Å². The zero-order valence-corrected chi connectivity index (χ0v) is 18.6. The molecule has 1 saturated heterocycles. The zero-order valence-electron chi connectivity index (χ0n) is 17.1. The summed E-state index contributed by atoms with van der Waals surface area (Å²) in [6.07, 6.45) is 1.72. The Morgan fingerprint density at radius 1 is 1.03 bits per heavy atom. The van der Waals surface area contributed by atoms with Gasteiger partial charge in [0.2, 0.25) is 15.9 Å². The van der Waals surface area contributed by atoms with Crippen LogP contribution in [0.15, 0.2) is 47.4 Å². The maximum atomic E-state index is 13.0. The van der Waals surface area contributed by atoms with Crippen LogP contribution in [0.5, 0.6) is 11.5 Å². The quantitative estimate of drug-likeness (QED) is 0.710. The third kappa shape index (κ3) is 5.14. The first kappa shape index (κ1) is 21.9. The molecule has 0 spiro atoms. The van der Waals surface area contributed by atoms with Crippen LogP contribution in [0.2, 0.25) is 5.02 Å². The molecule has 2 aromatic rings. The summed E-state index contributed by atoms with van der Waals surface area (Å²) in [7, 11) is -3.65. The largest absolute Gasteiger partial charge is 0.486 e. The van der Waals surface area contributed by atoms with Crippen LogP contribution >= 0.6 is 11.6 Å². The van der Waals surface area contributed by atoms with Crippen LogP contribution in [0.25, 0.3) is 0 Å². The van der Waals surface area contributed by atoms with E-state index < -0.39 is 10.0 Å². The van der Waals surface area contributed by atoms with Crippen LogP contribution in [-0.4, -0.2) is 51.5 Å². The minimum Gasteiger partial charge on any atom is -0.486 e. The molecule has 0 aromatic heterocycles. The molecule has 0 unspecified atom stereocenters. The maximum absolute atomic E-state index is 13.0. The van der Waals surface area contributed by atoms with Crippen molar-refractivity contribution in [1.29, 1.82) is 0 Å². The number of carbonyl (C=O) groups is 1. The van der Waals surface area contributed by atoms with Gasteiger partial charge >= 0.3 is 0 Å². The monoisotopic (exact) mass is 464 g/mol. The Labute approximate surface area is 187 Å². The molecule has 2 aliphatic rings. The van der Waals surface area contributed by atoms with Crippen molar-refractivity contribution in [3.8, 4) is 11.5 Å². The number of nitrogens with zero attached hydrogens (tertiary/aromatic N) is 1. The lowest BCUT2D eigenvalue weighted by Gasteiger charge is -2.30. The number of ether oxygens (including phenoxy) is 2. The SMILES string of the molecule is O=C(NCCc1ccc(Cl)cc1)C1CCN(S(=O)(=O)c2ccc3c(c2)OCCO3)CC1. The maximum Gasteiger partial charge on any atom is 0.243 e. The topological polar surface area (TPSA) is 84.9 Å². The number of rotatable bonds is 6. The van der Waals surface area contributed by atoms with E-state index in [-0.39, 0.29) is 16.7 Å². The van der Waals surface area contributed by atoms with Gasteiger partial charge in [-0.1, -0.05) is 23.7 Å². The number of sulfonamides is 1. The molecule has 9 heteroatoms. The molecule has 2 aliphatic heterocycles. The highest BCUT2D eigenvalue weighted by atomic mass is 35.5. The van der Waals surface area contributed by atoms with Crippen molar-refractivity contribution >= 4 is 27.5 Å². The zero-order chi connectivity index (χ0) is 21.8. The second-order valence-electron chi connectivity index (χ2n) is 7.65. The van der Waals surface area contributed by atoms with Crippen molar-refractivity contribution in [2.24, 2.45) is 5.92 Å². The highest BCUT2D eigenvalue weighted by Crippen LogP contribution is 2.34. The van der Waals surface area contributed by atoms with Gasteiger partial charge in [-0.3, -0.25) is 4.79 Å². The predicted molar refractivity (Wildman–Crippen MR) is 117 cm³/mol. The Morgan fingerprint density at radius 2 is 1.71 bits per heavy atom. The molecule has 0 saturated carbocycles. The summed E-state index contributed by atoms with van der Waals surface area (Å²) in [6, 6.07) is 12.2. The van der Waals surface area contributed by atoms with Gasteiger partial charge in [-0.05, 0) is 49.1 Å². The number of carbonyl (C=O) groups excluding carboxylic acids is 1. The van der Waals surface area contributed by atoms with Gasteiger partial charge in [-0.15, -0.1) is 0 Å². The fourth-order valence-electron chi connectivity index (χ4n) is 3.82. The number of nitrogens with one attached hydrogen (secondary N) is 1. The molecule has 1 amide bonds. The second-order valence-corrected chi connectivity index (χ2v) is 10.0. The molecular formula is C22H25ClN2O5S. The van der Waals surface area contributed by atoms with Crippen LogP contribution in [-0.2, 0) is 21.2 Å². The standard InChI is InChI=1S/C22H25ClN2O5S/c23-18-3-1-16(2-4-18)7-10-24-22(26)17-8-11-25(12-9-17)31(27,28)19-5-6-20-21(15-19)30-14-13-29-20/h1-6,15,17H,7-14H2,(H,24,26). The molecule has 0 radical (unpaired) electrons. The van der Waals surface area contributed by atoms with Gasteiger partial charge in [-0.2, -0.15) is 4.31 Å². The number of fused-ring (bicyclic) bond motifs is 1. The first-order valence-corrected chi connectivity index (χ1v) is 12.2. The molecule has 166 valence electrons. The van der Waals surface area contributed by atoms with Gasteiger partial charge in [0.15, 0.2) is 11.5 Å². The fourth-order valence-corrected chi connectivity index (χ4v) is 5.43. The Balaban J connectivity index is 1.29. The van der Waals surface area contributed by atoms with Crippen LogP contribution in [0.3, 0.4) is 0 Å². The van der Waals surface area contributed by atoms with Crippen molar-refractivity contribution in [1.82, 2.24) is 9.62 Å². The molecule has 0 aliphatic carbocycles. The van der Waals surface area contributed by atoms with Gasteiger partial charge in [0.05, 0.1) is 4.90 Å². The molecule has 1 N–H and O–H groups in total. The molecule has 2 heterocycles. The van der Waals surface area contributed by atoms with Gasteiger partial charge in [0, 0.05) is 36.6 Å². The number of hydrogen-bond donors (Lipinski definition) is 1. The summed E-state index contributed by atoms with van der Waals surface area (Å²) in [5.41, 5.74) is 1.10. The van der Waals surface area contributed by atoms with Gasteiger partial charge in [-0.25, -0.2) is 8.42 Å². The van der Waals surface area contributed by atoms with E-state index in [4.69, 9.17) is 21.1 Å². The summed E-state index contributed by atoms with van der Waals surface area (Å²) in [5.74, 6) is 0.795. The van der Waals surface area contributed by atoms with Crippen molar-refractivity contribution in [2.75, 3.05) is 32.8 Å². The fraction of sp³-hybridized carbons (Fsp3) is 0.409. The normalized spacial score (nSPS) is 17.3. The van der Waals surface area contributed by atoms with E-state index in [1.54, 1.807) is 12.1 Å². The first-order valence-electron chi connectivity index (χ1n) is 10.4. The van der Waals surface area contributed by atoms with Gasteiger partial charge in [0.1, 0.15) is 13.2 Å². The van der Waals surface area contributed by atoms with Crippen LogP contribution in [0.1, 0.15) is 18.4 Å². The van der Waals surface area contributed by atoms with Crippen LogP contribution in [0.4, 0.5) is 0 Å². The molecular weight excluding hydrogens is 440 g/mol. The summed E-state index contributed by atoms with van der Waals surface area (Å²) in [6.45, 7) is 2.01. The summed E-state index contributed by atoms with van der Waals surface area (Å²) in [4.78, 5) is 12.7. The Kier molecular flexibility index (Phi) is 6.69. The number of halogens is 1. The smallest absolute Gasteiger partial charge is 0.243 e. The molecule has 7 nitrogen and oxygen atoms in total. The average Bonchev–Trinajstić information content (AvgIpc) is 2.80. The Hall–Kier alpha value is -2.29. The summed E-state index contributed by atoms with van der Waals surface area (Å²) < 4.78 is 38.4. The van der Waals surface area contributed by atoms with E-state index >= 15 is 0 Å². The van der Waals surface area contributed by atoms with Crippen molar-refractivity contribution in [3.63, 3.8) is 0 Å². The highest BCUT2D eigenvalue weighted by molar-refractivity contribution is 7.89. The minimum atomic E-state index is -3.65. The highest BCUT2D eigenvalue weighted by Gasteiger charge is 2.32. The van der Waals surface area contributed by atoms with Crippen LogP contribution in [0, 0.1) is 5.92 Å². The predicted octanol–water partition coefficient (Wildman–Crippen LogP) is 2.87. The summed E-state index contributed by atoms with van der Waals surface area (Å²) >= 11 is 5.88. The Bertz CT molecular complexity index is 1030. The van der Waals surface area contributed by atoms with E-state index in [0.29, 0.717) is 62.2 Å². The van der Waals surface area contributed by atoms with Gasteiger partial charge < -0.3 is 14.8 Å². The van der Waals surface area contributed by atoms with Gasteiger partial charge in [0.25, 0.3) is 0 Å². The van der Waals surface area contributed by atoms with E-state index in [2.05, 4.69) is 5.32 Å². The van der Waals surface area contributed by atoms with Crippen molar-refractivity contribution < 1.29 is 22.7 Å². The van der Waals surface area contributed by atoms with E-state index in [0.717, 1.165) is 12.0 Å². The number of hydrogen-bond acceptors (Lipinski definition) is 5. The van der Waals surface area contributed by atoms with E-state index in [1.165, 1.54) is 10.4 Å². The lowest BCUT2D eigenvalue weighted by molar-refractivity contribution is -0.126. The molecule has 0 atom stereocenters. The van der Waals surface area contributed by atoms with E-state index in [9.17, 15) is 13.2 Å². The first-order chi connectivity index (χ1) is 14.9. The number of amides is 1. The average molecular weight is 465 g/mol. The Morgan fingerprint density at radius 3 is 2.42 bits per heavy atom. The van der Waals surface area contributed by atoms with Crippen LogP contribution < -0.4 is 14.8 Å². The second kappa shape index (κ2) is 9.46. The lowest BCUT2D eigenvalue weighted by atomic mass is 9.97. The molecule has 31 heavy (non-hydrogen) atoms. The summed E-state index contributed by atoms with van der Waals surface area (Å²) in [5, 5.41) is 3.65. The van der Waals surface area contributed by atoms with Crippen molar-refractivity contribution in [3.05, 3.63) is 53.1 Å². The number of benzene rings is 2. The minimum absolute atomic E-state index is 0.0228. The molecule has 1 fully saturated rings. The van der Waals surface area contributed by atoms with E-state index in [1.807, 2.05) is 24.3 Å². The lowest BCUT2D eigenvalue weighted by Crippen LogP contribution is -2.43.